The predicted molar refractivity (Wildman–Crippen MR) is 276 cm³/mol. The molecule has 3 aromatic heterocycles. The summed E-state index contributed by atoms with van der Waals surface area (Å²) in [7, 11) is 4.41. The van der Waals surface area contributed by atoms with Crippen molar-refractivity contribution in [1.82, 2.24) is 19.9 Å². The summed E-state index contributed by atoms with van der Waals surface area (Å²) in [4.78, 5) is 17.1. The minimum Gasteiger partial charge on any atom is -0.370 e. The number of rotatable bonds is 12. The monoisotopic (exact) mass is 1130 g/mol. The topological polar surface area (TPSA) is 70.3 Å². The van der Waals surface area contributed by atoms with E-state index in [1.807, 2.05) is 0 Å². The lowest BCUT2D eigenvalue weighted by Gasteiger charge is -2.21. The minimum absolute atomic E-state index is 0.195. The van der Waals surface area contributed by atoms with Gasteiger partial charge in [-0.25, -0.2) is 80.2 Å². The van der Waals surface area contributed by atoms with Crippen molar-refractivity contribution in [3.63, 3.8) is 0 Å². The predicted octanol–water partition coefficient (Wildman–Crippen LogP) is 15.4. The van der Waals surface area contributed by atoms with Crippen LogP contribution in [0.2, 0.25) is 0 Å². The number of hydrogen-bond donors (Lipinski definition) is 2. The number of nitrogens with zero attached hydrogens (tertiary/aromatic N) is 6. The summed E-state index contributed by atoms with van der Waals surface area (Å²) in [6.45, 7) is 4.80. The lowest BCUT2D eigenvalue weighted by molar-refractivity contribution is 0.458. The Kier molecular flexibility index (Phi) is 14.8. The first-order valence-corrected chi connectivity index (χ1v) is 24.3. The number of H-pyrrole nitrogens is 2. The summed E-state index contributed by atoms with van der Waals surface area (Å²) in [5, 5.41) is 0. The van der Waals surface area contributed by atoms with E-state index in [1.165, 1.54) is 27.7 Å². The van der Waals surface area contributed by atoms with Crippen LogP contribution < -0.4 is 19.6 Å². The van der Waals surface area contributed by atoms with Gasteiger partial charge in [-0.05, 0) is 76.3 Å². The molecule has 8 bridgehead atoms. The van der Waals surface area contributed by atoms with Crippen molar-refractivity contribution >= 4 is 69.1 Å². The van der Waals surface area contributed by atoms with Gasteiger partial charge < -0.3 is 29.6 Å². The number of benzene rings is 4. The second kappa shape index (κ2) is 21.0. The molecule has 0 saturated carbocycles. The summed E-state index contributed by atoms with van der Waals surface area (Å²) < 4.78 is 264. The Labute approximate surface area is 444 Å². The Bertz CT molecular complexity index is 3400. The molecule has 0 atom stereocenters. The molecule has 24 heteroatoms. The number of fused-ring (bicyclic) bond motifs is 8. The zero-order valence-electron chi connectivity index (χ0n) is 43.2. The van der Waals surface area contributed by atoms with E-state index < -0.39 is 205 Å². The van der Waals surface area contributed by atoms with Crippen LogP contribution in [0.15, 0.2) is 24.3 Å². The molecule has 418 valence electrons. The number of nitrogens with one attached hydrogen (secondary N) is 2. The van der Waals surface area contributed by atoms with E-state index in [0.717, 1.165) is 96.4 Å². The Morgan fingerprint density at radius 1 is 0.275 bits per heavy atom. The van der Waals surface area contributed by atoms with Crippen molar-refractivity contribution in [3.05, 3.63) is 140 Å². The number of anilines is 4. The van der Waals surface area contributed by atoms with E-state index in [9.17, 15) is 0 Å². The van der Waals surface area contributed by atoms with Gasteiger partial charge in [0.2, 0.25) is 0 Å². The van der Waals surface area contributed by atoms with Gasteiger partial charge in [0, 0.05) is 98.7 Å². The summed E-state index contributed by atoms with van der Waals surface area (Å²) in [6, 6.07) is 3.56. The molecule has 0 spiro atoms. The molecule has 2 aliphatic heterocycles. The summed E-state index contributed by atoms with van der Waals surface area (Å²) >= 11 is 0. The largest absolute Gasteiger partial charge is 0.370 e. The zero-order chi connectivity index (χ0) is 58.4. The third-order valence-corrected chi connectivity index (χ3v) is 14.1. The van der Waals surface area contributed by atoms with Gasteiger partial charge in [-0.2, -0.15) is 0 Å². The smallest absolute Gasteiger partial charge is 0.185 e. The van der Waals surface area contributed by atoms with Crippen LogP contribution in [0, 0.1) is 93.1 Å². The third-order valence-electron chi connectivity index (χ3n) is 14.1. The fourth-order valence-corrected chi connectivity index (χ4v) is 9.59. The van der Waals surface area contributed by atoms with Gasteiger partial charge in [0.05, 0.1) is 45.0 Å². The van der Waals surface area contributed by atoms with E-state index in [1.54, 1.807) is 0 Å². The number of aromatic nitrogens is 4. The molecule has 8 nitrogen and oxygen atoms in total. The summed E-state index contributed by atoms with van der Waals surface area (Å²) in [6.07, 6.45) is 3.45. The molecule has 2 N–H and O–H groups in total. The van der Waals surface area contributed by atoms with E-state index in [4.69, 9.17) is 0 Å². The molecule has 9 rings (SSSR count). The second-order valence-electron chi connectivity index (χ2n) is 18.5. The summed E-state index contributed by atoms with van der Waals surface area (Å²) in [5.41, 5.74) is -20.5. The first-order valence-electron chi connectivity index (χ1n) is 24.3. The van der Waals surface area contributed by atoms with Crippen LogP contribution in [0.3, 0.4) is 0 Å². The van der Waals surface area contributed by atoms with Crippen LogP contribution in [0.4, 0.5) is 93.0 Å². The van der Waals surface area contributed by atoms with Gasteiger partial charge in [0.1, 0.15) is 22.7 Å². The maximum atomic E-state index is 16.8. The highest BCUT2D eigenvalue weighted by atomic mass is 19.2. The zero-order valence-corrected chi connectivity index (χ0v) is 43.2. The lowest BCUT2D eigenvalue weighted by Crippen LogP contribution is -2.21. The van der Waals surface area contributed by atoms with Gasteiger partial charge in [0.25, 0.3) is 0 Å². The van der Waals surface area contributed by atoms with Crippen LogP contribution >= 0.6 is 0 Å². The molecule has 80 heavy (non-hydrogen) atoms. The normalized spacial score (nSPS) is 12.1. The van der Waals surface area contributed by atoms with E-state index >= 15 is 70.2 Å². The molecular weight excluding hydrogens is 1090 g/mol. The standard InChI is InChI=1S/C56H42F16N8/c1-9-77(5)53-45(65)37(57)33(38(58)46(53)66)29-21-13-15-23(73-21)30(34-39(59)47(67)54(78(6)10-2)48(68)40(34)60)25-17-19-27(75-25)32(36-43(63)51(71)56(80(8)12-4)52(72)44(36)64)28-20-18-26(76-28)31(24-16-14-22(29)74-24)35-41(61)49(69)55(79(7)11-3)50(70)42(35)62/h13-20,73,76H,9-12H2,1-8H3. The molecule has 5 heterocycles. The van der Waals surface area contributed by atoms with Crippen LogP contribution in [0.1, 0.15) is 50.5 Å². The molecule has 0 amide bonds. The average Bonchev–Trinajstić information content (AvgIpc) is 4.30. The highest BCUT2D eigenvalue weighted by molar-refractivity contribution is 6.01. The molecule has 0 fully saturated rings. The molecule has 0 radical (unpaired) electrons. The van der Waals surface area contributed by atoms with Crippen LogP contribution in [-0.4, -0.2) is 74.3 Å². The average molecular weight is 1130 g/mol. The van der Waals surface area contributed by atoms with Gasteiger partial charge in [-0.3, -0.25) is 0 Å². The van der Waals surface area contributed by atoms with E-state index in [-0.39, 0.29) is 26.2 Å². The molecule has 0 aliphatic carbocycles. The fraction of sp³-hybridized carbons (Fsp3) is 0.214. The van der Waals surface area contributed by atoms with Crippen molar-refractivity contribution in [2.45, 2.75) is 27.7 Å². The molecule has 2 aliphatic rings. The molecule has 0 unspecified atom stereocenters. The first kappa shape index (κ1) is 56.3. The lowest BCUT2D eigenvalue weighted by atomic mass is 10.00. The number of halogens is 16. The number of aromatic amines is 2. The Morgan fingerprint density at radius 2 is 0.438 bits per heavy atom. The van der Waals surface area contributed by atoms with E-state index in [0.29, 0.717) is 0 Å². The first-order chi connectivity index (χ1) is 37.9. The fourth-order valence-electron chi connectivity index (χ4n) is 9.59. The van der Waals surface area contributed by atoms with Crippen molar-refractivity contribution in [2.24, 2.45) is 0 Å². The maximum absolute atomic E-state index is 16.8. The maximum Gasteiger partial charge on any atom is 0.185 e. The highest BCUT2D eigenvalue weighted by Gasteiger charge is 2.36. The Hall–Kier alpha value is -8.44. The van der Waals surface area contributed by atoms with Gasteiger partial charge >= 0.3 is 0 Å². The number of hydrogen-bond acceptors (Lipinski definition) is 6. The highest BCUT2D eigenvalue weighted by Crippen LogP contribution is 2.47. The summed E-state index contributed by atoms with van der Waals surface area (Å²) in [5.74, 6) is -32.3. The van der Waals surface area contributed by atoms with Gasteiger partial charge in [0.15, 0.2) is 93.1 Å². The Balaban J connectivity index is 1.58. The van der Waals surface area contributed by atoms with Crippen molar-refractivity contribution < 1.29 is 70.2 Å². The van der Waals surface area contributed by atoms with Crippen LogP contribution in [-0.2, 0) is 0 Å². The van der Waals surface area contributed by atoms with Gasteiger partial charge in [-0.15, -0.1) is 0 Å². The van der Waals surface area contributed by atoms with Gasteiger partial charge in [-0.1, -0.05) is 0 Å². The molecule has 7 aromatic rings. The molecule has 4 aromatic carbocycles. The SMILES string of the molecule is CCN(C)c1c(F)c(F)c(-c2c3nc(c(-c4c(F)c(F)c(N(C)CC)c(F)c4F)c4ccc([nH]4)c(-c4c(F)c(F)c(N(C)CC)c(F)c4F)c4nc(c(-c5c(F)c(F)c(N(C)CC)c(F)c5F)c5ccc2[nH]5)C=C4)C=C3)c(F)c1F. The van der Waals surface area contributed by atoms with E-state index in [2.05, 4.69) is 19.9 Å². The van der Waals surface area contributed by atoms with Crippen molar-refractivity contribution in [2.75, 3.05) is 74.0 Å². The molecular formula is C56H42F16N8. The van der Waals surface area contributed by atoms with Crippen molar-refractivity contribution in [1.29, 1.82) is 0 Å². The van der Waals surface area contributed by atoms with Crippen LogP contribution in [0.25, 0.3) is 90.9 Å². The quantitative estimate of drug-likeness (QED) is 0.0938. The molecule has 0 saturated heterocycles. The van der Waals surface area contributed by atoms with Crippen molar-refractivity contribution in [3.8, 4) is 44.5 Å². The Morgan fingerprint density at radius 3 is 0.588 bits per heavy atom. The van der Waals surface area contributed by atoms with Crippen LogP contribution in [0.5, 0.6) is 0 Å². The second-order valence-corrected chi connectivity index (χ2v) is 18.5. The third kappa shape index (κ3) is 8.55. The minimum atomic E-state index is -2.08.